The Labute approximate surface area is 105 Å². The number of carbonyl (C=O) groups excluding carboxylic acids is 1. The lowest BCUT2D eigenvalue weighted by molar-refractivity contribution is -0.121. The summed E-state index contributed by atoms with van der Waals surface area (Å²) in [5.74, 6) is 1.56. The van der Waals surface area contributed by atoms with Crippen LogP contribution in [0.3, 0.4) is 0 Å². The molecule has 1 atom stereocenters. The number of carbonyl (C=O) groups is 1. The molecule has 0 unspecified atom stereocenters. The lowest BCUT2D eigenvalue weighted by atomic mass is 10.1. The molecule has 18 heavy (non-hydrogen) atoms. The number of ether oxygens (including phenoxy) is 2. The molecule has 1 fully saturated rings. The van der Waals surface area contributed by atoms with Crippen LogP contribution in [0.4, 0.5) is 5.69 Å². The van der Waals surface area contributed by atoms with Crippen molar-refractivity contribution in [2.75, 3.05) is 18.7 Å². The Kier molecular flexibility index (Phi) is 2.96. The molecule has 0 saturated carbocycles. The first-order valence-corrected chi connectivity index (χ1v) is 6.27. The van der Waals surface area contributed by atoms with Gasteiger partial charge in [-0.1, -0.05) is 0 Å². The third-order valence-corrected chi connectivity index (χ3v) is 3.25. The van der Waals surface area contributed by atoms with Crippen LogP contribution in [-0.4, -0.2) is 25.3 Å². The Morgan fingerprint density at radius 2 is 2.11 bits per heavy atom. The topological polar surface area (TPSA) is 59.6 Å². The van der Waals surface area contributed by atoms with E-state index in [9.17, 15) is 4.79 Å². The second kappa shape index (κ2) is 4.76. The van der Waals surface area contributed by atoms with Crippen molar-refractivity contribution < 1.29 is 14.3 Å². The van der Waals surface area contributed by atoms with Crippen molar-refractivity contribution >= 4 is 11.6 Å². The second-order valence-electron chi connectivity index (χ2n) is 4.55. The van der Waals surface area contributed by atoms with Gasteiger partial charge >= 0.3 is 0 Å². The van der Waals surface area contributed by atoms with Crippen LogP contribution in [0.1, 0.15) is 19.3 Å². The van der Waals surface area contributed by atoms with E-state index in [4.69, 9.17) is 9.47 Å². The third kappa shape index (κ3) is 2.20. The van der Waals surface area contributed by atoms with Gasteiger partial charge in [0.25, 0.3) is 0 Å². The quantitative estimate of drug-likeness (QED) is 0.832. The highest BCUT2D eigenvalue weighted by atomic mass is 16.7. The highest BCUT2D eigenvalue weighted by Crippen LogP contribution is 2.34. The number of hydrogen-bond acceptors (Lipinski definition) is 4. The molecule has 96 valence electrons. The minimum absolute atomic E-state index is 0.0742. The standard InChI is InChI=1S/C13H16N2O3/c16-13-10(3-1-2-6-14-13)15-9-4-5-11-12(7-9)18-8-17-11/h4-5,7,10,15H,1-3,6,8H2,(H,14,16)/t10-/m0/s1. The first-order chi connectivity index (χ1) is 8.83. The van der Waals surface area contributed by atoms with Gasteiger partial charge in [-0.2, -0.15) is 0 Å². The van der Waals surface area contributed by atoms with Gasteiger partial charge in [0, 0.05) is 18.3 Å². The molecule has 0 spiro atoms. The van der Waals surface area contributed by atoms with Crippen molar-refractivity contribution in [3.63, 3.8) is 0 Å². The molecule has 2 N–H and O–H groups in total. The summed E-state index contributed by atoms with van der Waals surface area (Å²) in [7, 11) is 0. The second-order valence-corrected chi connectivity index (χ2v) is 4.55. The molecule has 0 bridgehead atoms. The summed E-state index contributed by atoms with van der Waals surface area (Å²) in [5.41, 5.74) is 0.890. The van der Waals surface area contributed by atoms with Gasteiger partial charge in [-0.15, -0.1) is 0 Å². The van der Waals surface area contributed by atoms with Crippen LogP contribution >= 0.6 is 0 Å². The largest absolute Gasteiger partial charge is 0.454 e. The fourth-order valence-corrected chi connectivity index (χ4v) is 2.26. The fourth-order valence-electron chi connectivity index (χ4n) is 2.26. The number of benzene rings is 1. The molecule has 1 aromatic carbocycles. The Balaban J connectivity index is 1.73. The van der Waals surface area contributed by atoms with E-state index in [0.29, 0.717) is 0 Å². The van der Waals surface area contributed by atoms with Gasteiger partial charge in [-0.3, -0.25) is 4.79 Å². The molecule has 1 amide bonds. The summed E-state index contributed by atoms with van der Waals surface area (Å²) in [6.45, 7) is 1.04. The molecule has 3 rings (SSSR count). The predicted octanol–water partition coefficient (Wildman–Crippen LogP) is 1.50. The van der Waals surface area contributed by atoms with E-state index in [1.165, 1.54) is 0 Å². The Morgan fingerprint density at radius 3 is 3.06 bits per heavy atom. The molecule has 1 aromatic rings. The Hall–Kier alpha value is -1.91. The average Bonchev–Trinajstić information content (AvgIpc) is 2.75. The van der Waals surface area contributed by atoms with E-state index < -0.39 is 0 Å². The summed E-state index contributed by atoms with van der Waals surface area (Å²) in [6.07, 6.45) is 2.96. The number of anilines is 1. The summed E-state index contributed by atoms with van der Waals surface area (Å²) < 4.78 is 10.6. The maximum atomic E-state index is 11.8. The van der Waals surface area contributed by atoms with Crippen LogP contribution in [-0.2, 0) is 4.79 Å². The molecule has 2 aliphatic heterocycles. The maximum Gasteiger partial charge on any atom is 0.242 e. The van der Waals surface area contributed by atoms with Crippen molar-refractivity contribution in [2.24, 2.45) is 0 Å². The molecule has 5 heteroatoms. The predicted molar refractivity (Wildman–Crippen MR) is 66.8 cm³/mol. The average molecular weight is 248 g/mol. The highest BCUT2D eigenvalue weighted by Gasteiger charge is 2.21. The van der Waals surface area contributed by atoms with E-state index in [1.54, 1.807) is 0 Å². The van der Waals surface area contributed by atoms with Crippen molar-refractivity contribution in [3.05, 3.63) is 18.2 Å². The maximum absolute atomic E-state index is 11.8. The van der Waals surface area contributed by atoms with E-state index in [-0.39, 0.29) is 18.7 Å². The van der Waals surface area contributed by atoms with Crippen LogP contribution in [0.15, 0.2) is 18.2 Å². The highest BCUT2D eigenvalue weighted by molar-refractivity contribution is 5.84. The Bertz CT molecular complexity index is 462. The molecule has 0 aliphatic carbocycles. The van der Waals surface area contributed by atoms with Gasteiger partial charge in [0.2, 0.25) is 12.7 Å². The zero-order chi connectivity index (χ0) is 12.4. The summed E-state index contributed by atoms with van der Waals surface area (Å²) in [6, 6.07) is 5.48. The number of amides is 1. The zero-order valence-corrected chi connectivity index (χ0v) is 10.1. The van der Waals surface area contributed by atoms with Gasteiger partial charge < -0.3 is 20.1 Å². The lowest BCUT2D eigenvalue weighted by Crippen LogP contribution is -2.37. The van der Waals surface area contributed by atoms with Gasteiger partial charge in [0.05, 0.1) is 0 Å². The SMILES string of the molecule is O=C1NCCCC[C@@H]1Nc1ccc2c(c1)OCO2. The van der Waals surface area contributed by atoms with Crippen LogP contribution in [0, 0.1) is 0 Å². The molecule has 0 radical (unpaired) electrons. The normalized spacial score (nSPS) is 22.2. The summed E-state index contributed by atoms with van der Waals surface area (Å²) in [4.78, 5) is 11.8. The molecule has 0 aromatic heterocycles. The third-order valence-electron chi connectivity index (χ3n) is 3.25. The van der Waals surface area contributed by atoms with Crippen LogP contribution in [0.25, 0.3) is 0 Å². The van der Waals surface area contributed by atoms with Gasteiger partial charge in [-0.05, 0) is 31.4 Å². The van der Waals surface area contributed by atoms with Crippen molar-refractivity contribution in [3.8, 4) is 11.5 Å². The Morgan fingerprint density at radius 1 is 1.22 bits per heavy atom. The number of nitrogens with one attached hydrogen (secondary N) is 2. The van der Waals surface area contributed by atoms with E-state index in [0.717, 1.165) is 43.0 Å². The zero-order valence-electron chi connectivity index (χ0n) is 10.1. The first kappa shape index (κ1) is 11.2. The molecule has 2 aliphatic rings. The van der Waals surface area contributed by atoms with Crippen molar-refractivity contribution in [2.45, 2.75) is 25.3 Å². The number of hydrogen-bond donors (Lipinski definition) is 2. The van der Waals surface area contributed by atoms with Gasteiger partial charge in [0.15, 0.2) is 11.5 Å². The van der Waals surface area contributed by atoms with Crippen LogP contribution in [0.5, 0.6) is 11.5 Å². The van der Waals surface area contributed by atoms with Crippen LogP contribution in [0.2, 0.25) is 0 Å². The van der Waals surface area contributed by atoms with E-state index in [2.05, 4.69) is 10.6 Å². The minimum atomic E-state index is -0.159. The number of fused-ring (bicyclic) bond motifs is 1. The molecular formula is C13H16N2O3. The van der Waals surface area contributed by atoms with Crippen molar-refractivity contribution in [1.82, 2.24) is 5.32 Å². The van der Waals surface area contributed by atoms with Gasteiger partial charge in [0.1, 0.15) is 6.04 Å². The monoisotopic (exact) mass is 248 g/mol. The molecule has 1 saturated heterocycles. The van der Waals surface area contributed by atoms with Crippen molar-refractivity contribution in [1.29, 1.82) is 0 Å². The lowest BCUT2D eigenvalue weighted by Gasteiger charge is -2.16. The first-order valence-electron chi connectivity index (χ1n) is 6.27. The van der Waals surface area contributed by atoms with E-state index in [1.807, 2.05) is 18.2 Å². The number of rotatable bonds is 2. The smallest absolute Gasteiger partial charge is 0.242 e. The summed E-state index contributed by atoms with van der Waals surface area (Å²) in [5, 5.41) is 6.16. The molecular weight excluding hydrogens is 232 g/mol. The van der Waals surface area contributed by atoms with Crippen LogP contribution < -0.4 is 20.1 Å². The fraction of sp³-hybridized carbons (Fsp3) is 0.462. The molecule has 2 heterocycles. The van der Waals surface area contributed by atoms with E-state index >= 15 is 0 Å². The van der Waals surface area contributed by atoms with Gasteiger partial charge in [-0.25, -0.2) is 0 Å². The summed E-state index contributed by atoms with van der Waals surface area (Å²) >= 11 is 0. The molecule has 5 nitrogen and oxygen atoms in total. The minimum Gasteiger partial charge on any atom is -0.454 e.